The van der Waals surface area contributed by atoms with Crippen LogP contribution in [0, 0.1) is 3.57 Å². The van der Waals surface area contributed by atoms with Gasteiger partial charge in [-0.2, -0.15) is 5.10 Å². The maximum atomic E-state index is 12.2. The van der Waals surface area contributed by atoms with E-state index in [2.05, 4.69) is 38.0 Å². The first-order chi connectivity index (χ1) is 10.1. The Balaban J connectivity index is 1.94. The molecule has 0 amide bonds. The van der Waals surface area contributed by atoms with Gasteiger partial charge in [0.15, 0.2) is 11.4 Å². The molecule has 8 heteroatoms. The molecule has 0 radical (unpaired) electrons. The molecule has 21 heavy (non-hydrogen) atoms. The number of hydrogen-bond donors (Lipinski definition) is 0. The molecule has 3 aromatic rings. The first kappa shape index (κ1) is 13.9. The van der Waals surface area contributed by atoms with Crippen LogP contribution in [0.1, 0.15) is 10.4 Å². The van der Waals surface area contributed by atoms with Crippen molar-refractivity contribution in [2.75, 3.05) is 0 Å². The van der Waals surface area contributed by atoms with Gasteiger partial charge in [-0.05, 0) is 34.7 Å². The third kappa shape index (κ3) is 2.58. The quantitative estimate of drug-likeness (QED) is 0.489. The predicted molar refractivity (Wildman–Crippen MR) is 84.1 cm³/mol. The summed E-state index contributed by atoms with van der Waals surface area (Å²) in [4.78, 5) is 24.4. The lowest BCUT2D eigenvalue weighted by Crippen LogP contribution is -2.27. The van der Waals surface area contributed by atoms with Crippen molar-refractivity contribution in [2.24, 2.45) is 7.05 Å². The highest BCUT2D eigenvalue weighted by molar-refractivity contribution is 14.1. The first-order valence-electron chi connectivity index (χ1n) is 6.10. The Bertz CT molecular complexity index is 882. The highest BCUT2D eigenvalue weighted by Crippen LogP contribution is 2.08. The van der Waals surface area contributed by atoms with Gasteiger partial charge in [-0.1, -0.05) is 17.3 Å². The van der Waals surface area contributed by atoms with E-state index in [0.717, 1.165) is 8.25 Å². The third-order valence-electron chi connectivity index (χ3n) is 3.08. The van der Waals surface area contributed by atoms with Gasteiger partial charge in [0.05, 0.1) is 6.20 Å². The average Bonchev–Trinajstić information content (AvgIpc) is 2.85. The molecule has 0 bridgehead atoms. The summed E-state index contributed by atoms with van der Waals surface area (Å²) in [5.74, 6) is -0.189. The van der Waals surface area contributed by atoms with Crippen LogP contribution in [0.3, 0.4) is 0 Å². The van der Waals surface area contributed by atoms with Gasteiger partial charge in [-0.3, -0.25) is 9.59 Å². The fourth-order valence-electron chi connectivity index (χ4n) is 1.94. The maximum absolute atomic E-state index is 12.2. The lowest BCUT2D eigenvalue weighted by molar-refractivity contribution is 0.0964. The third-order valence-corrected chi connectivity index (χ3v) is 3.80. The van der Waals surface area contributed by atoms with Crippen LogP contribution in [0.25, 0.3) is 11.0 Å². The lowest BCUT2D eigenvalue weighted by atomic mass is 10.1. The van der Waals surface area contributed by atoms with Gasteiger partial charge in [-0.15, -0.1) is 5.10 Å². The lowest BCUT2D eigenvalue weighted by Gasteiger charge is -2.03. The van der Waals surface area contributed by atoms with Gasteiger partial charge in [0.1, 0.15) is 11.9 Å². The summed E-state index contributed by atoms with van der Waals surface area (Å²) < 4.78 is 3.57. The number of aryl methyl sites for hydroxylation is 1. The summed E-state index contributed by atoms with van der Waals surface area (Å²) in [7, 11) is 1.68. The molecular weight excluding hydrogens is 385 g/mol. The minimum atomic E-state index is -0.369. The highest BCUT2D eigenvalue weighted by Gasteiger charge is 2.13. The fraction of sp³-hybridized carbons (Fsp3) is 0.154. The second-order valence-electron chi connectivity index (χ2n) is 4.49. The molecule has 7 nitrogen and oxygen atoms in total. The standard InChI is InChI=1S/C13H10IN5O2/c1-18-12-10(6-15-18)13(21)19(17-16-12)7-11(20)8-2-4-9(14)5-3-8/h2-6H,7H2,1H3. The molecule has 2 heterocycles. The summed E-state index contributed by atoms with van der Waals surface area (Å²) >= 11 is 2.16. The van der Waals surface area contributed by atoms with Gasteiger partial charge in [0, 0.05) is 16.2 Å². The van der Waals surface area contributed by atoms with Crippen molar-refractivity contribution in [1.29, 1.82) is 0 Å². The number of nitrogens with zero attached hydrogens (tertiary/aromatic N) is 5. The van der Waals surface area contributed by atoms with Crippen molar-refractivity contribution in [3.05, 3.63) is 49.9 Å². The molecule has 0 spiro atoms. The Morgan fingerprint density at radius 3 is 2.71 bits per heavy atom. The molecule has 0 fully saturated rings. The molecule has 1 aromatic carbocycles. The number of benzene rings is 1. The number of ketones is 1. The number of carbonyl (C=O) groups excluding carboxylic acids is 1. The van der Waals surface area contributed by atoms with Crippen molar-refractivity contribution >= 4 is 39.4 Å². The molecule has 3 rings (SSSR count). The smallest absolute Gasteiger partial charge is 0.281 e. The summed E-state index contributed by atoms with van der Waals surface area (Å²) in [6.07, 6.45) is 1.43. The Hall–Kier alpha value is -2.10. The molecule has 0 saturated carbocycles. The van der Waals surface area contributed by atoms with Gasteiger partial charge in [-0.25, -0.2) is 9.36 Å². The van der Waals surface area contributed by atoms with E-state index >= 15 is 0 Å². The Labute approximate surface area is 132 Å². The van der Waals surface area contributed by atoms with Gasteiger partial charge in [0.25, 0.3) is 5.56 Å². The monoisotopic (exact) mass is 395 g/mol. The van der Waals surface area contributed by atoms with E-state index in [1.54, 1.807) is 19.2 Å². The zero-order valence-electron chi connectivity index (χ0n) is 11.0. The Morgan fingerprint density at radius 1 is 1.29 bits per heavy atom. The summed E-state index contributed by atoms with van der Waals surface area (Å²) in [5, 5.41) is 12.0. The van der Waals surface area contributed by atoms with E-state index in [1.807, 2.05) is 12.1 Å². The minimum Gasteiger partial charge on any atom is -0.292 e. The second kappa shape index (κ2) is 5.35. The molecule has 0 atom stereocenters. The van der Waals surface area contributed by atoms with Crippen molar-refractivity contribution in [3.8, 4) is 0 Å². The summed E-state index contributed by atoms with van der Waals surface area (Å²) in [5.41, 5.74) is 0.570. The van der Waals surface area contributed by atoms with Crippen molar-refractivity contribution in [2.45, 2.75) is 6.54 Å². The van der Waals surface area contributed by atoms with Gasteiger partial charge >= 0.3 is 0 Å². The van der Waals surface area contributed by atoms with E-state index in [1.165, 1.54) is 10.9 Å². The van der Waals surface area contributed by atoms with E-state index in [4.69, 9.17) is 0 Å². The zero-order chi connectivity index (χ0) is 15.0. The zero-order valence-corrected chi connectivity index (χ0v) is 13.2. The molecule has 0 N–H and O–H groups in total. The number of aromatic nitrogens is 5. The second-order valence-corrected chi connectivity index (χ2v) is 5.73. The van der Waals surface area contributed by atoms with Crippen molar-refractivity contribution in [3.63, 3.8) is 0 Å². The van der Waals surface area contributed by atoms with Crippen LogP contribution in [-0.2, 0) is 13.6 Å². The van der Waals surface area contributed by atoms with Crippen LogP contribution in [0.15, 0.2) is 35.3 Å². The highest BCUT2D eigenvalue weighted by atomic mass is 127. The van der Waals surface area contributed by atoms with E-state index in [0.29, 0.717) is 16.6 Å². The van der Waals surface area contributed by atoms with E-state index in [-0.39, 0.29) is 17.9 Å². The number of hydrogen-bond acceptors (Lipinski definition) is 5. The number of halogens is 1. The molecule has 0 aliphatic heterocycles. The molecule has 2 aromatic heterocycles. The summed E-state index contributed by atoms with van der Waals surface area (Å²) in [6, 6.07) is 7.13. The molecule has 0 aliphatic carbocycles. The molecular formula is C13H10IN5O2. The summed E-state index contributed by atoms with van der Waals surface area (Å²) in [6.45, 7) is -0.142. The number of Topliss-reactive ketones (excluding diaryl/α,β-unsaturated/α-hetero) is 1. The number of carbonyl (C=O) groups is 1. The van der Waals surface area contributed by atoms with Crippen LogP contribution in [0.2, 0.25) is 0 Å². The Morgan fingerprint density at radius 2 is 2.00 bits per heavy atom. The van der Waals surface area contributed by atoms with Gasteiger partial charge < -0.3 is 0 Å². The molecule has 106 valence electrons. The maximum Gasteiger partial charge on any atom is 0.281 e. The fourth-order valence-corrected chi connectivity index (χ4v) is 2.30. The van der Waals surface area contributed by atoms with Crippen molar-refractivity contribution < 1.29 is 4.79 Å². The van der Waals surface area contributed by atoms with Crippen LogP contribution < -0.4 is 5.56 Å². The van der Waals surface area contributed by atoms with Gasteiger partial charge in [0.2, 0.25) is 0 Å². The molecule has 0 saturated heterocycles. The van der Waals surface area contributed by atoms with Crippen molar-refractivity contribution in [1.82, 2.24) is 24.8 Å². The normalized spacial score (nSPS) is 11.0. The average molecular weight is 395 g/mol. The van der Waals surface area contributed by atoms with E-state index in [9.17, 15) is 9.59 Å². The Kier molecular flexibility index (Phi) is 3.53. The van der Waals surface area contributed by atoms with Crippen LogP contribution in [-0.4, -0.2) is 30.6 Å². The molecule has 0 aliphatic rings. The minimum absolute atomic E-state index is 0.142. The van der Waals surface area contributed by atoms with Crippen LogP contribution in [0.5, 0.6) is 0 Å². The predicted octanol–water partition coefficient (Wildman–Crippen LogP) is 1.01. The topological polar surface area (TPSA) is 82.7 Å². The largest absolute Gasteiger partial charge is 0.292 e. The van der Waals surface area contributed by atoms with Crippen LogP contribution >= 0.6 is 22.6 Å². The van der Waals surface area contributed by atoms with Crippen LogP contribution in [0.4, 0.5) is 0 Å². The number of rotatable bonds is 3. The SMILES string of the molecule is Cn1ncc2c(=O)n(CC(=O)c3ccc(I)cc3)nnc21. The molecule has 0 unspecified atom stereocenters. The van der Waals surface area contributed by atoms with E-state index < -0.39 is 0 Å². The number of fused-ring (bicyclic) bond motifs is 1. The first-order valence-corrected chi connectivity index (χ1v) is 7.18.